The van der Waals surface area contributed by atoms with E-state index in [0.29, 0.717) is 17.1 Å². The van der Waals surface area contributed by atoms with Gasteiger partial charge in [0, 0.05) is 24.3 Å². The summed E-state index contributed by atoms with van der Waals surface area (Å²) in [5.41, 5.74) is 5.87. The third-order valence-corrected chi connectivity index (χ3v) is 4.63. The SMILES string of the molecule is COc1ccc(C(=O)N/N=C(/C)c2ccc(N3CCOCC3)cc2)cc1OC. The van der Waals surface area contributed by atoms with E-state index in [1.54, 1.807) is 25.3 Å². The number of methoxy groups -OCH3 is 2. The number of amides is 1. The lowest BCUT2D eigenvalue weighted by molar-refractivity contribution is 0.0954. The second-order valence-electron chi connectivity index (χ2n) is 6.35. The summed E-state index contributed by atoms with van der Waals surface area (Å²) in [6, 6.07) is 13.1. The minimum Gasteiger partial charge on any atom is -0.493 e. The van der Waals surface area contributed by atoms with Crippen LogP contribution in [0, 0.1) is 0 Å². The molecule has 0 atom stereocenters. The Morgan fingerprint density at radius 1 is 1.00 bits per heavy atom. The molecule has 1 amide bonds. The molecule has 0 saturated carbocycles. The number of nitrogens with zero attached hydrogens (tertiary/aromatic N) is 2. The Labute approximate surface area is 164 Å². The third kappa shape index (κ3) is 4.61. The Kier molecular flexibility index (Phi) is 6.49. The van der Waals surface area contributed by atoms with Crippen molar-refractivity contribution in [3.63, 3.8) is 0 Å². The highest BCUT2D eigenvalue weighted by molar-refractivity contribution is 6.01. The Balaban J connectivity index is 1.65. The van der Waals surface area contributed by atoms with Gasteiger partial charge >= 0.3 is 0 Å². The molecule has 148 valence electrons. The molecule has 1 aliphatic heterocycles. The summed E-state index contributed by atoms with van der Waals surface area (Å²) in [6.45, 7) is 5.16. The molecule has 0 aromatic heterocycles. The number of morpholine rings is 1. The second-order valence-corrected chi connectivity index (χ2v) is 6.35. The summed E-state index contributed by atoms with van der Waals surface area (Å²) in [5.74, 6) is 0.749. The van der Waals surface area contributed by atoms with Crippen molar-refractivity contribution in [2.24, 2.45) is 5.10 Å². The molecule has 3 rings (SSSR count). The van der Waals surface area contributed by atoms with E-state index in [-0.39, 0.29) is 5.91 Å². The molecule has 1 fully saturated rings. The fourth-order valence-corrected chi connectivity index (χ4v) is 2.98. The van der Waals surface area contributed by atoms with E-state index in [4.69, 9.17) is 14.2 Å². The minimum absolute atomic E-state index is 0.315. The van der Waals surface area contributed by atoms with Crippen molar-refractivity contribution in [2.75, 3.05) is 45.4 Å². The zero-order valence-corrected chi connectivity index (χ0v) is 16.4. The molecule has 28 heavy (non-hydrogen) atoms. The fraction of sp³-hybridized carbons (Fsp3) is 0.333. The number of hydrazone groups is 1. The number of carbonyl (C=O) groups excluding carboxylic acids is 1. The standard InChI is InChI=1S/C21H25N3O4/c1-15(16-4-7-18(8-5-16)24-10-12-28-13-11-24)22-23-21(25)17-6-9-19(26-2)20(14-17)27-3/h4-9,14H,10-13H2,1-3H3,(H,23,25)/b22-15-. The molecule has 1 saturated heterocycles. The molecule has 7 heteroatoms. The van der Waals surface area contributed by atoms with Crippen molar-refractivity contribution >= 4 is 17.3 Å². The van der Waals surface area contributed by atoms with Crippen LogP contribution in [0.25, 0.3) is 0 Å². The lowest BCUT2D eigenvalue weighted by Gasteiger charge is -2.28. The predicted molar refractivity (Wildman–Crippen MR) is 109 cm³/mol. The Morgan fingerprint density at radius 3 is 2.29 bits per heavy atom. The van der Waals surface area contributed by atoms with E-state index >= 15 is 0 Å². The molecule has 0 radical (unpaired) electrons. The monoisotopic (exact) mass is 383 g/mol. The summed E-state index contributed by atoms with van der Waals surface area (Å²) in [7, 11) is 3.08. The van der Waals surface area contributed by atoms with E-state index < -0.39 is 0 Å². The number of hydrogen-bond acceptors (Lipinski definition) is 6. The maximum Gasteiger partial charge on any atom is 0.271 e. The molecule has 0 unspecified atom stereocenters. The van der Waals surface area contributed by atoms with Crippen molar-refractivity contribution in [3.05, 3.63) is 53.6 Å². The summed E-state index contributed by atoms with van der Waals surface area (Å²) in [4.78, 5) is 14.7. The van der Waals surface area contributed by atoms with Crippen molar-refractivity contribution in [1.82, 2.24) is 5.43 Å². The second kappa shape index (κ2) is 9.23. The maximum absolute atomic E-state index is 12.4. The molecule has 1 aliphatic rings. The highest BCUT2D eigenvalue weighted by atomic mass is 16.5. The van der Waals surface area contributed by atoms with E-state index in [0.717, 1.165) is 43.3 Å². The van der Waals surface area contributed by atoms with Crippen LogP contribution in [-0.2, 0) is 4.74 Å². The quantitative estimate of drug-likeness (QED) is 0.613. The number of nitrogens with one attached hydrogen (secondary N) is 1. The number of hydrogen-bond donors (Lipinski definition) is 1. The maximum atomic E-state index is 12.4. The van der Waals surface area contributed by atoms with Crippen molar-refractivity contribution in [3.8, 4) is 11.5 Å². The molecule has 2 aromatic rings. The highest BCUT2D eigenvalue weighted by Crippen LogP contribution is 2.27. The lowest BCUT2D eigenvalue weighted by atomic mass is 10.1. The van der Waals surface area contributed by atoms with Gasteiger partial charge in [0.2, 0.25) is 0 Å². The Bertz CT molecular complexity index is 843. The minimum atomic E-state index is -0.315. The molecular weight excluding hydrogens is 358 g/mol. The average Bonchev–Trinajstić information content (AvgIpc) is 2.77. The molecular formula is C21H25N3O4. The van der Waals surface area contributed by atoms with Crippen LogP contribution in [0.2, 0.25) is 0 Å². The van der Waals surface area contributed by atoms with E-state index in [2.05, 4.69) is 27.6 Å². The number of ether oxygens (including phenoxy) is 3. The zero-order chi connectivity index (χ0) is 19.9. The molecule has 0 aliphatic carbocycles. The van der Waals surface area contributed by atoms with Crippen LogP contribution in [0.1, 0.15) is 22.8 Å². The van der Waals surface area contributed by atoms with E-state index in [9.17, 15) is 4.79 Å². The normalized spacial score (nSPS) is 14.5. The first-order chi connectivity index (χ1) is 13.6. The highest BCUT2D eigenvalue weighted by Gasteiger charge is 2.12. The third-order valence-electron chi connectivity index (χ3n) is 4.63. The van der Waals surface area contributed by atoms with Gasteiger partial charge in [-0.15, -0.1) is 0 Å². The molecule has 2 aromatic carbocycles. The number of carbonyl (C=O) groups is 1. The van der Waals surface area contributed by atoms with Crippen LogP contribution >= 0.6 is 0 Å². The topological polar surface area (TPSA) is 72.4 Å². The smallest absolute Gasteiger partial charge is 0.271 e. The Morgan fingerprint density at radius 2 is 1.64 bits per heavy atom. The van der Waals surface area contributed by atoms with Crippen LogP contribution in [0.3, 0.4) is 0 Å². The van der Waals surface area contributed by atoms with Gasteiger partial charge in [-0.05, 0) is 42.8 Å². The Hall–Kier alpha value is -3.06. The summed E-state index contributed by atoms with van der Waals surface area (Å²) in [5, 5.41) is 4.22. The van der Waals surface area contributed by atoms with Gasteiger partial charge in [0.25, 0.3) is 5.91 Å². The van der Waals surface area contributed by atoms with Crippen LogP contribution in [-0.4, -0.2) is 52.1 Å². The van der Waals surface area contributed by atoms with Gasteiger partial charge in [0.05, 0.1) is 33.1 Å². The van der Waals surface area contributed by atoms with Gasteiger partial charge in [-0.3, -0.25) is 4.79 Å². The van der Waals surface area contributed by atoms with Gasteiger partial charge in [0.15, 0.2) is 11.5 Å². The van der Waals surface area contributed by atoms with Crippen LogP contribution in [0.15, 0.2) is 47.6 Å². The largest absolute Gasteiger partial charge is 0.493 e. The van der Waals surface area contributed by atoms with Crippen LogP contribution in [0.5, 0.6) is 11.5 Å². The van der Waals surface area contributed by atoms with Crippen LogP contribution in [0.4, 0.5) is 5.69 Å². The zero-order valence-electron chi connectivity index (χ0n) is 16.4. The molecule has 0 bridgehead atoms. The van der Waals surface area contributed by atoms with Gasteiger partial charge in [0.1, 0.15) is 0 Å². The predicted octanol–water partition coefficient (Wildman–Crippen LogP) is 2.69. The molecule has 1 N–H and O–H groups in total. The number of anilines is 1. The first-order valence-electron chi connectivity index (χ1n) is 9.12. The van der Waals surface area contributed by atoms with Gasteiger partial charge in [-0.25, -0.2) is 5.43 Å². The summed E-state index contributed by atoms with van der Waals surface area (Å²) >= 11 is 0. The van der Waals surface area contributed by atoms with Gasteiger partial charge in [-0.2, -0.15) is 5.10 Å². The van der Waals surface area contributed by atoms with Crippen molar-refractivity contribution in [1.29, 1.82) is 0 Å². The van der Waals surface area contributed by atoms with Gasteiger partial charge < -0.3 is 19.1 Å². The molecule has 7 nitrogen and oxygen atoms in total. The summed E-state index contributed by atoms with van der Waals surface area (Å²) in [6.07, 6.45) is 0. The molecule has 1 heterocycles. The van der Waals surface area contributed by atoms with Crippen molar-refractivity contribution < 1.29 is 19.0 Å². The first kappa shape index (κ1) is 19.7. The molecule has 0 spiro atoms. The lowest BCUT2D eigenvalue weighted by Crippen LogP contribution is -2.36. The number of rotatable bonds is 6. The van der Waals surface area contributed by atoms with Gasteiger partial charge in [-0.1, -0.05) is 12.1 Å². The average molecular weight is 383 g/mol. The van der Waals surface area contributed by atoms with Crippen LogP contribution < -0.4 is 19.8 Å². The number of benzene rings is 2. The fourth-order valence-electron chi connectivity index (χ4n) is 2.98. The first-order valence-corrected chi connectivity index (χ1v) is 9.12. The van der Waals surface area contributed by atoms with Crippen molar-refractivity contribution in [2.45, 2.75) is 6.92 Å². The van der Waals surface area contributed by atoms with E-state index in [1.807, 2.05) is 19.1 Å². The van der Waals surface area contributed by atoms with E-state index in [1.165, 1.54) is 7.11 Å². The summed E-state index contributed by atoms with van der Waals surface area (Å²) < 4.78 is 15.8.